The summed E-state index contributed by atoms with van der Waals surface area (Å²) < 4.78 is 0. The zero-order chi connectivity index (χ0) is 22.5. The van der Waals surface area contributed by atoms with Crippen molar-refractivity contribution >= 4 is 17.5 Å². The lowest BCUT2D eigenvalue weighted by atomic mass is 9.62. The summed E-state index contributed by atoms with van der Waals surface area (Å²) in [6, 6.07) is 5.89. The van der Waals surface area contributed by atoms with E-state index >= 15 is 0 Å². The molecule has 174 valence electrons. The number of aliphatic hydroxyl groups is 1. The summed E-state index contributed by atoms with van der Waals surface area (Å²) in [4.78, 5) is 13.0. The van der Waals surface area contributed by atoms with E-state index in [1.54, 1.807) is 0 Å². The molecule has 31 heavy (non-hydrogen) atoms. The Morgan fingerprint density at radius 1 is 1.26 bits per heavy atom. The van der Waals surface area contributed by atoms with Gasteiger partial charge in [0.05, 0.1) is 17.2 Å². The molecule has 0 aromatic heterocycles. The Morgan fingerprint density at radius 3 is 2.61 bits per heavy atom. The predicted molar refractivity (Wildman–Crippen MR) is 129 cm³/mol. The van der Waals surface area contributed by atoms with E-state index in [0.29, 0.717) is 16.0 Å². The lowest BCUT2D eigenvalue weighted by molar-refractivity contribution is 0.0681. The molecule has 2 aliphatic carbocycles. The molecule has 2 bridgehead atoms. The minimum atomic E-state index is -0.0416. The van der Waals surface area contributed by atoms with Crippen LogP contribution in [-0.4, -0.2) is 36.8 Å². The number of benzene rings is 1. The highest BCUT2D eigenvalue weighted by molar-refractivity contribution is 6.33. The third kappa shape index (κ3) is 6.69. The highest BCUT2D eigenvalue weighted by Crippen LogP contribution is 2.48. The summed E-state index contributed by atoms with van der Waals surface area (Å²) in [5.41, 5.74) is 2.05. The average molecular weight is 449 g/mol. The van der Waals surface area contributed by atoms with Crippen LogP contribution in [0.1, 0.15) is 88.1 Å². The van der Waals surface area contributed by atoms with Crippen molar-refractivity contribution in [3.63, 3.8) is 0 Å². The van der Waals surface area contributed by atoms with Crippen LogP contribution in [-0.2, 0) is 6.42 Å². The number of hydrogen-bond donors (Lipinski definition) is 3. The van der Waals surface area contributed by atoms with Crippen molar-refractivity contribution in [3.05, 3.63) is 34.3 Å². The molecule has 2 aliphatic rings. The third-order valence-electron chi connectivity index (χ3n) is 7.52. The molecule has 3 rings (SSSR count). The van der Waals surface area contributed by atoms with E-state index in [4.69, 9.17) is 11.6 Å². The Morgan fingerprint density at radius 2 is 1.97 bits per heavy atom. The first-order valence-electron chi connectivity index (χ1n) is 12.1. The molecular formula is C26H41ClN2O2. The van der Waals surface area contributed by atoms with E-state index in [-0.39, 0.29) is 24.0 Å². The Bertz CT molecular complexity index is 733. The van der Waals surface area contributed by atoms with Crippen LogP contribution >= 0.6 is 11.6 Å². The second-order valence-electron chi connectivity index (χ2n) is 11.0. The fraction of sp³-hybridized carbons (Fsp3) is 0.731. The molecule has 2 fully saturated rings. The van der Waals surface area contributed by atoms with E-state index in [1.165, 1.54) is 44.9 Å². The van der Waals surface area contributed by atoms with Gasteiger partial charge in [0.25, 0.3) is 5.91 Å². The molecular weight excluding hydrogens is 408 g/mol. The molecule has 1 amide bonds. The van der Waals surface area contributed by atoms with E-state index in [0.717, 1.165) is 37.4 Å². The Kier molecular flexibility index (Phi) is 8.45. The first kappa shape index (κ1) is 24.5. The summed E-state index contributed by atoms with van der Waals surface area (Å²) in [7, 11) is 0. The van der Waals surface area contributed by atoms with Gasteiger partial charge in [-0.05, 0) is 73.1 Å². The predicted octanol–water partition coefficient (Wildman–Crippen LogP) is 5.36. The fourth-order valence-corrected chi connectivity index (χ4v) is 5.75. The minimum absolute atomic E-state index is 0.0243. The quantitative estimate of drug-likeness (QED) is 0.445. The van der Waals surface area contributed by atoms with Crippen LogP contribution in [0.5, 0.6) is 0 Å². The molecule has 4 nitrogen and oxygen atoms in total. The minimum Gasteiger partial charge on any atom is -0.395 e. The van der Waals surface area contributed by atoms with Crippen molar-refractivity contribution in [2.45, 2.75) is 84.6 Å². The molecule has 0 radical (unpaired) electrons. The first-order chi connectivity index (χ1) is 14.7. The van der Waals surface area contributed by atoms with Crippen molar-refractivity contribution in [1.82, 2.24) is 10.6 Å². The van der Waals surface area contributed by atoms with Gasteiger partial charge in [-0.1, -0.05) is 64.1 Å². The molecule has 1 aromatic rings. The topological polar surface area (TPSA) is 61.4 Å². The van der Waals surface area contributed by atoms with Gasteiger partial charge in [0.2, 0.25) is 0 Å². The van der Waals surface area contributed by atoms with E-state index < -0.39 is 0 Å². The molecule has 0 aliphatic heterocycles. The lowest BCUT2D eigenvalue weighted by Crippen LogP contribution is -2.43. The van der Waals surface area contributed by atoms with Gasteiger partial charge in [-0.25, -0.2) is 0 Å². The second kappa shape index (κ2) is 10.7. The number of carbonyl (C=O) groups is 1. The number of rotatable bonds is 9. The fourth-order valence-electron chi connectivity index (χ4n) is 5.55. The number of aliphatic hydroxyl groups excluding tert-OH is 1. The largest absolute Gasteiger partial charge is 0.395 e. The molecule has 1 unspecified atom stereocenters. The lowest BCUT2D eigenvalue weighted by Gasteiger charge is -2.45. The second-order valence-corrected chi connectivity index (χ2v) is 11.4. The SMILES string of the molecule is CC(C)(C)C(CO)NCCCc1ccc(Cl)c(C(=O)NCC23CCCC(CCC2)C3)c1. The van der Waals surface area contributed by atoms with Crippen LogP contribution < -0.4 is 10.6 Å². The number of fused-ring (bicyclic) bond motifs is 2. The monoisotopic (exact) mass is 448 g/mol. The Hall–Kier alpha value is -1.10. The summed E-state index contributed by atoms with van der Waals surface area (Å²) in [6.07, 6.45) is 10.9. The van der Waals surface area contributed by atoms with Crippen molar-refractivity contribution in [3.8, 4) is 0 Å². The summed E-state index contributed by atoms with van der Waals surface area (Å²) >= 11 is 6.39. The normalized spacial score (nSPS) is 24.6. The molecule has 0 saturated heterocycles. The van der Waals surface area contributed by atoms with Crippen molar-refractivity contribution < 1.29 is 9.90 Å². The summed E-state index contributed by atoms with van der Waals surface area (Å²) in [6.45, 7) is 8.14. The molecule has 1 atom stereocenters. The van der Waals surface area contributed by atoms with Gasteiger partial charge in [0.15, 0.2) is 0 Å². The molecule has 2 saturated carbocycles. The molecule has 1 aromatic carbocycles. The van der Waals surface area contributed by atoms with Gasteiger partial charge in [-0.3, -0.25) is 4.79 Å². The van der Waals surface area contributed by atoms with Gasteiger partial charge in [-0.15, -0.1) is 0 Å². The van der Waals surface area contributed by atoms with Gasteiger partial charge in [-0.2, -0.15) is 0 Å². The van der Waals surface area contributed by atoms with E-state index in [2.05, 4.69) is 31.4 Å². The zero-order valence-corrected chi connectivity index (χ0v) is 20.4. The summed E-state index contributed by atoms with van der Waals surface area (Å²) in [5, 5.41) is 16.8. The third-order valence-corrected chi connectivity index (χ3v) is 7.85. The van der Waals surface area contributed by atoms with Crippen molar-refractivity contribution in [2.24, 2.45) is 16.7 Å². The van der Waals surface area contributed by atoms with Crippen LogP contribution in [0.25, 0.3) is 0 Å². The van der Waals surface area contributed by atoms with Crippen LogP contribution in [0.4, 0.5) is 0 Å². The highest BCUT2D eigenvalue weighted by atomic mass is 35.5. The smallest absolute Gasteiger partial charge is 0.252 e. The first-order valence-corrected chi connectivity index (χ1v) is 12.5. The van der Waals surface area contributed by atoms with Crippen LogP contribution in [0.3, 0.4) is 0 Å². The van der Waals surface area contributed by atoms with Gasteiger partial charge >= 0.3 is 0 Å². The van der Waals surface area contributed by atoms with E-state index in [1.807, 2.05) is 18.2 Å². The maximum absolute atomic E-state index is 13.0. The van der Waals surface area contributed by atoms with E-state index in [9.17, 15) is 9.90 Å². The molecule has 0 spiro atoms. The zero-order valence-electron chi connectivity index (χ0n) is 19.6. The molecule has 0 heterocycles. The van der Waals surface area contributed by atoms with Gasteiger partial charge < -0.3 is 15.7 Å². The maximum Gasteiger partial charge on any atom is 0.252 e. The average Bonchev–Trinajstić information content (AvgIpc) is 2.72. The van der Waals surface area contributed by atoms with Crippen molar-refractivity contribution in [1.29, 1.82) is 0 Å². The maximum atomic E-state index is 13.0. The van der Waals surface area contributed by atoms with Crippen LogP contribution in [0.15, 0.2) is 18.2 Å². The van der Waals surface area contributed by atoms with Crippen molar-refractivity contribution in [2.75, 3.05) is 19.7 Å². The number of carbonyl (C=O) groups excluding carboxylic acids is 1. The van der Waals surface area contributed by atoms with Crippen LogP contribution in [0, 0.1) is 16.7 Å². The standard InChI is InChI=1S/C26H41ClN2O2/c1-25(2,3)23(17-30)28-14-6-9-19-10-11-22(27)21(15-19)24(31)29-18-26-12-4-7-20(16-26)8-5-13-26/h10-11,15,20,23,28,30H,4-9,12-14,16-18H2,1-3H3,(H,29,31). The Balaban J connectivity index is 1.52. The Labute approximate surface area is 193 Å². The number of hydrogen-bond acceptors (Lipinski definition) is 3. The van der Waals surface area contributed by atoms with Gasteiger partial charge in [0, 0.05) is 12.6 Å². The highest BCUT2D eigenvalue weighted by Gasteiger charge is 2.39. The van der Waals surface area contributed by atoms with Gasteiger partial charge in [0.1, 0.15) is 0 Å². The number of aryl methyl sites for hydroxylation is 1. The molecule has 5 heteroatoms. The molecule has 3 N–H and O–H groups in total. The summed E-state index contributed by atoms with van der Waals surface area (Å²) in [5.74, 6) is 0.823. The number of amides is 1. The van der Waals surface area contributed by atoms with Crippen LogP contribution in [0.2, 0.25) is 5.02 Å². The number of halogens is 1. The number of nitrogens with one attached hydrogen (secondary N) is 2.